The zero-order valence-corrected chi connectivity index (χ0v) is 13.1. The number of aliphatic hydroxyl groups excluding tert-OH is 4. The maximum atomic E-state index is 11.6. The highest BCUT2D eigenvalue weighted by atomic mass is 16.8. The van der Waals surface area contributed by atoms with Crippen LogP contribution in [0.15, 0.2) is 0 Å². The van der Waals surface area contributed by atoms with Crippen LogP contribution in [0.5, 0.6) is 0 Å². The maximum Gasteiger partial charge on any atom is 0.277 e. The molecule has 0 aromatic rings. The van der Waals surface area contributed by atoms with Crippen LogP contribution in [-0.4, -0.2) is 62.9 Å². The molecule has 2 amide bonds. The molecule has 24 heavy (non-hydrogen) atoms. The van der Waals surface area contributed by atoms with E-state index in [1.807, 2.05) is 5.48 Å². The van der Waals surface area contributed by atoms with Gasteiger partial charge in [0.05, 0.1) is 0 Å². The summed E-state index contributed by atoms with van der Waals surface area (Å²) in [5.74, 6) is -1.43. The van der Waals surface area contributed by atoms with E-state index in [0.717, 1.165) is 32.1 Å². The molecule has 0 unspecified atom stereocenters. The lowest BCUT2D eigenvalue weighted by Crippen LogP contribution is -2.52. The van der Waals surface area contributed by atoms with E-state index < -0.39 is 36.2 Å². The van der Waals surface area contributed by atoms with Crippen molar-refractivity contribution in [2.24, 2.45) is 5.92 Å². The highest BCUT2D eigenvalue weighted by Gasteiger charge is 2.34. The number of aldehydes is 1. The number of hydrogen-bond acceptors (Lipinski definition) is 8. The normalized spacial score (nSPS) is 20.5. The van der Waals surface area contributed by atoms with Crippen molar-refractivity contribution in [3.8, 4) is 0 Å². The molecule has 6 N–H and O–H groups in total. The van der Waals surface area contributed by atoms with Crippen LogP contribution in [0.2, 0.25) is 0 Å². The fourth-order valence-corrected chi connectivity index (χ4v) is 2.51. The summed E-state index contributed by atoms with van der Waals surface area (Å²) in [7, 11) is 0. The van der Waals surface area contributed by atoms with Crippen LogP contribution in [0.3, 0.4) is 0 Å². The Kier molecular flexibility index (Phi) is 8.79. The van der Waals surface area contributed by atoms with E-state index in [2.05, 4.69) is 4.94 Å². The molecule has 0 saturated heterocycles. The summed E-state index contributed by atoms with van der Waals surface area (Å²) in [5.41, 5.74) is 3.67. The Labute approximate surface area is 138 Å². The van der Waals surface area contributed by atoms with Gasteiger partial charge in [0.15, 0.2) is 12.4 Å². The standard InChI is InChI=1S/C14H24N2O8/c17-7-9(18)11(20)12(21)13(22)14(23)16-24-15-10(19)6-8-4-2-1-3-5-8/h7-9,11-13,18,20-22H,1-6H2,(H,15,19)(H,16,23)/t9-,11+,12-,13-/m0/s1. The Morgan fingerprint density at radius 3 is 2.25 bits per heavy atom. The monoisotopic (exact) mass is 348 g/mol. The van der Waals surface area contributed by atoms with Crippen LogP contribution in [0.4, 0.5) is 0 Å². The van der Waals surface area contributed by atoms with Crippen molar-refractivity contribution < 1.29 is 39.7 Å². The summed E-state index contributed by atoms with van der Waals surface area (Å²) < 4.78 is 0. The number of hydrogen-bond donors (Lipinski definition) is 6. The molecule has 1 aliphatic carbocycles. The largest absolute Gasteiger partial charge is 0.387 e. The Morgan fingerprint density at radius 2 is 1.67 bits per heavy atom. The van der Waals surface area contributed by atoms with E-state index in [0.29, 0.717) is 0 Å². The number of nitrogens with one attached hydrogen (secondary N) is 2. The van der Waals surface area contributed by atoms with Crippen LogP contribution in [0.25, 0.3) is 0 Å². The zero-order chi connectivity index (χ0) is 18.1. The predicted octanol–water partition coefficient (Wildman–Crippen LogP) is -2.32. The minimum atomic E-state index is -2.18. The lowest BCUT2D eigenvalue weighted by Gasteiger charge is -2.23. The third-order valence-electron chi connectivity index (χ3n) is 3.95. The molecule has 10 nitrogen and oxygen atoms in total. The quantitative estimate of drug-likeness (QED) is 0.199. The van der Waals surface area contributed by atoms with E-state index in [-0.39, 0.29) is 18.6 Å². The van der Waals surface area contributed by atoms with Crippen molar-refractivity contribution >= 4 is 18.1 Å². The number of amides is 2. The van der Waals surface area contributed by atoms with Gasteiger partial charge in [-0.1, -0.05) is 19.3 Å². The second-order valence-corrected chi connectivity index (χ2v) is 5.85. The van der Waals surface area contributed by atoms with Crippen LogP contribution in [-0.2, 0) is 19.3 Å². The van der Waals surface area contributed by atoms with Crippen LogP contribution >= 0.6 is 0 Å². The first kappa shape index (κ1) is 20.5. The van der Waals surface area contributed by atoms with E-state index >= 15 is 0 Å². The van der Waals surface area contributed by atoms with Crippen LogP contribution in [0, 0.1) is 5.92 Å². The second-order valence-electron chi connectivity index (χ2n) is 5.85. The second kappa shape index (κ2) is 10.3. The molecular formula is C14H24N2O8. The summed E-state index contributed by atoms with van der Waals surface area (Å²) in [6.07, 6.45) is -2.87. The number of carbonyl (C=O) groups excluding carboxylic acids is 3. The Hall–Kier alpha value is -1.59. The van der Waals surface area contributed by atoms with Gasteiger partial charge in [0.2, 0.25) is 5.91 Å². The third-order valence-corrected chi connectivity index (χ3v) is 3.95. The predicted molar refractivity (Wildman–Crippen MR) is 78.7 cm³/mol. The molecule has 0 aromatic heterocycles. The first-order valence-corrected chi connectivity index (χ1v) is 7.79. The van der Waals surface area contributed by atoms with Crippen LogP contribution in [0.1, 0.15) is 38.5 Å². The highest BCUT2D eigenvalue weighted by Crippen LogP contribution is 2.25. The molecule has 0 spiro atoms. The van der Waals surface area contributed by atoms with Crippen molar-refractivity contribution in [2.45, 2.75) is 62.9 Å². The summed E-state index contributed by atoms with van der Waals surface area (Å²) >= 11 is 0. The SMILES string of the molecule is O=C[C@H](O)[C@@H](O)[C@H](O)[C@H](O)C(=O)NONC(=O)CC1CCCCC1. The Morgan fingerprint density at radius 1 is 1.04 bits per heavy atom. The molecule has 4 atom stereocenters. The Bertz CT molecular complexity index is 427. The summed E-state index contributed by atoms with van der Waals surface area (Å²) in [6, 6.07) is 0. The summed E-state index contributed by atoms with van der Waals surface area (Å²) in [5, 5.41) is 37.3. The van der Waals surface area contributed by atoms with Gasteiger partial charge in [0.1, 0.15) is 18.3 Å². The van der Waals surface area contributed by atoms with Gasteiger partial charge in [-0.05, 0) is 18.8 Å². The average molecular weight is 348 g/mol. The number of carbonyl (C=O) groups is 3. The fourth-order valence-electron chi connectivity index (χ4n) is 2.51. The molecule has 10 heteroatoms. The Balaban J connectivity index is 2.28. The van der Waals surface area contributed by atoms with E-state index in [1.165, 1.54) is 0 Å². The fraction of sp³-hybridized carbons (Fsp3) is 0.786. The molecule has 1 saturated carbocycles. The highest BCUT2D eigenvalue weighted by molar-refractivity contribution is 5.80. The van der Waals surface area contributed by atoms with E-state index in [9.17, 15) is 29.7 Å². The lowest BCUT2D eigenvalue weighted by atomic mass is 9.87. The van der Waals surface area contributed by atoms with Crippen LogP contribution < -0.4 is 11.0 Å². The van der Waals surface area contributed by atoms with Gasteiger partial charge in [-0.15, -0.1) is 0 Å². The number of rotatable bonds is 9. The minimum absolute atomic E-state index is 0.0551. The molecule has 0 heterocycles. The first-order valence-electron chi connectivity index (χ1n) is 7.79. The molecule has 0 bridgehead atoms. The average Bonchev–Trinajstić information content (AvgIpc) is 2.59. The molecular weight excluding hydrogens is 324 g/mol. The maximum absolute atomic E-state index is 11.6. The summed E-state index contributed by atoms with van der Waals surface area (Å²) in [6.45, 7) is 0. The molecule has 0 aliphatic heterocycles. The van der Waals surface area contributed by atoms with Crippen molar-refractivity contribution in [1.82, 2.24) is 11.0 Å². The van der Waals surface area contributed by atoms with E-state index in [4.69, 9.17) is 5.11 Å². The van der Waals surface area contributed by atoms with Gasteiger partial charge < -0.3 is 25.2 Å². The zero-order valence-electron chi connectivity index (χ0n) is 13.1. The van der Waals surface area contributed by atoms with Gasteiger partial charge in [0.25, 0.3) is 5.91 Å². The topological polar surface area (TPSA) is 165 Å². The van der Waals surface area contributed by atoms with Gasteiger partial charge >= 0.3 is 0 Å². The minimum Gasteiger partial charge on any atom is -0.387 e. The first-order chi connectivity index (χ1) is 11.4. The van der Waals surface area contributed by atoms with Crippen molar-refractivity contribution in [3.05, 3.63) is 0 Å². The molecule has 1 rings (SSSR count). The van der Waals surface area contributed by atoms with E-state index in [1.54, 1.807) is 5.48 Å². The molecule has 138 valence electrons. The van der Waals surface area contributed by atoms with Crippen molar-refractivity contribution in [1.29, 1.82) is 0 Å². The lowest BCUT2D eigenvalue weighted by molar-refractivity contribution is -0.167. The molecule has 0 radical (unpaired) electrons. The van der Waals surface area contributed by atoms with Gasteiger partial charge in [-0.3, -0.25) is 9.59 Å². The third kappa shape index (κ3) is 6.49. The number of aliphatic hydroxyl groups is 4. The van der Waals surface area contributed by atoms with Crippen molar-refractivity contribution in [2.75, 3.05) is 0 Å². The number of hydroxylamine groups is 2. The molecule has 0 aromatic carbocycles. The van der Waals surface area contributed by atoms with Gasteiger partial charge in [0, 0.05) is 6.42 Å². The van der Waals surface area contributed by atoms with Gasteiger partial charge in [-0.25, -0.2) is 11.0 Å². The summed E-state index contributed by atoms with van der Waals surface area (Å²) in [4.78, 5) is 37.8. The molecule has 1 aliphatic rings. The molecule has 1 fully saturated rings. The van der Waals surface area contributed by atoms with Gasteiger partial charge in [-0.2, -0.15) is 4.94 Å². The van der Waals surface area contributed by atoms with Crippen molar-refractivity contribution in [3.63, 3.8) is 0 Å². The smallest absolute Gasteiger partial charge is 0.277 e.